The summed E-state index contributed by atoms with van der Waals surface area (Å²) in [5, 5.41) is 13.5. The van der Waals surface area contributed by atoms with Gasteiger partial charge < -0.3 is 5.11 Å². The van der Waals surface area contributed by atoms with Crippen LogP contribution in [0.15, 0.2) is 41.5 Å². The van der Waals surface area contributed by atoms with E-state index in [0.717, 1.165) is 22.3 Å². The van der Waals surface area contributed by atoms with E-state index in [9.17, 15) is 14.7 Å². The van der Waals surface area contributed by atoms with E-state index in [1.54, 1.807) is 24.3 Å². The molecule has 0 radical (unpaired) electrons. The third kappa shape index (κ3) is 4.14. The molecule has 2 N–H and O–H groups in total. The number of ketones is 1. The van der Waals surface area contributed by atoms with Crippen LogP contribution in [-0.4, -0.2) is 22.5 Å². The lowest BCUT2D eigenvalue weighted by Crippen LogP contribution is -2.41. The Morgan fingerprint density at radius 3 is 2.54 bits per heavy atom. The van der Waals surface area contributed by atoms with Gasteiger partial charge in [0.05, 0.1) is 0 Å². The van der Waals surface area contributed by atoms with E-state index in [4.69, 9.17) is 0 Å². The minimum absolute atomic E-state index is 0.109. The summed E-state index contributed by atoms with van der Waals surface area (Å²) in [6.45, 7) is 7.93. The summed E-state index contributed by atoms with van der Waals surface area (Å²) in [5.74, 6) is -0.151. The van der Waals surface area contributed by atoms with Crippen LogP contribution in [0.3, 0.4) is 0 Å². The Morgan fingerprint density at radius 2 is 1.86 bits per heavy atom. The number of carbonyl (C=O) groups is 2. The van der Waals surface area contributed by atoms with Gasteiger partial charge in [0.1, 0.15) is 11.5 Å². The van der Waals surface area contributed by atoms with Crippen molar-refractivity contribution >= 4 is 17.4 Å². The molecule has 0 aliphatic heterocycles. The highest BCUT2D eigenvalue weighted by Gasteiger charge is 2.39. The lowest BCUT2D eigenvalue weighted by atomic mass is 9.71. The molecule has 5 heteroatoms. The van der Waals surface area contributed by atoms with Crippen LogP contribution in [-0.2, 0) is 17.6 Å². The average molecular weight is 378 g/mol. The van der Waals surface area contributed by atoms with Crippen molar-refractivity contribution < 1.29 is 14.7 Å². The van der Waals surface area contributed by atoms with E-state index in [1.165, 1.54) is 0 Å². The number of fused-ring (bicyclic) bond motifs is 1. The first-order valence-corrected chi connectivity index (χ1v) is 9.47. The molecule has 2 aromatic carbocycles. The molecule has 2 aromatic rings. The molecule has 0 spiro atoms. The van der Waals surface area contributed by atoms with E-state index in [0.29, 0.717) is 24.1 Å². The van der Waals surface area contributed by atoms with Crippen molar-refractivity contribution in [3.05, 3.63) is 64.2 Å². The molecule has 28 heavy (non-hydrogen) atoms. The molecule has 0 saturated carbocycles. The monoisotopic (exact) mass is 378 g/mol. The number of benzene rings is 2. The SMILES string of the molecule is Cc1cc(C)c2c(c1)CC(C)(C)/C(=N\NC(=O)CCc1ccc(O)cc1)C2=O. The predicted octanol–water partition coefficient (Wildman–Crippen LogP) is 3.88. The number of nitrogens with one attached hydrogen (secondary N) is 1. The molecule has 146 valence electrons. The first-order chi connectivity index (χ1) is 13.2. The second kappa shape index (κ2) is 7.58. The summed E-state index contributed by atoms with van der Waals surface area (Å²) in [4.78, 5) is 25.3. The number of carbonyl (C=O) groups excluding carboxylic acids is 2. The van der Waals surface area contributed by atoms with Gasteiger partial charge in [-0.05, 0) is 55.5 Å². The summed E-state index contributed by atoms with van der Waals surface area (Å²) in [5.41, 5.74) is 7.30. The predicted molar refractivity (Wildman–Crippen MR) is 110 cm³/mol. The maximum Gasteiger partial charge on any atom is 0.240 e. The fourth-order valence-electron chi connectivity index (χ4n) is 3.80. The second-order valence-electron chi connectivity index (χ2n) is 8.17. The summed E-state index contributed by atoms with van der Waals surface area (Å²) < 4.78 is 0. The van der Waals surface area contributed by atoms with Gasteiger partial charge in [-0.1, -0.05) is 43.7 Å². The first-order valence-electron chi connectivity index (χ1n) is 9.47. The zero-order chi connectivity index (χ0) is 20.5. The molecule has 5 nitrogen and oxygen atoms in total. The Hall–Kier alpha value is -2.95. The number of rotatable bonds is 4. The van der Waals surface area contributed by atoms with Crippen LogP contribution >= 0.6 is 0 Å². The van der Waals surface area contributed by atoms with Crippen molar-refractivity contribution in [3.8, 4) is 5.75 Å². The molecule has 0 unspecified atom stereocenters. The highest BCUT2D eigenvalue weighted by molar-refractivity contribution is 6.49. The highest BCUT2D eigenvalue weighted by atomic mass is 16.3. The summed E-state index contributed by atoms with van der Waals surface area (Å²) in [6, 6.07) is 10.8. The molecule has 1 amide bonds. The zero-order valence-electron chi connectivity index (χ0n) is 16.8. The fourth-order valence-corrected chi connectivity index (χ4v) is 3.80. The lowest BCUT2D eigenvalue weighted by molar-refractivity contribution is -0.121. The number of hydrogen-bond acceptors (Lipinski definition) is 4. The number of hydrazone groups is 1. The number of amides is 1. The van der Waals surface area contributed by atoms with Crippen molar-refractivity contribution in [2.45, 2.75) is 47.0 Å². The van der Waals surface area contributed by atoms with Crippen LogP contribution in [0.2, 0.25) is 0 Å². The third-order valence-corrected chi connectivity index (χ3v) is 5.15. The van der Waals surface area contributed by atoms with E-state index < -0.39 is 5.41 Å². The van der Waals surface area contributed by atoms with Gasteiger partial charge in [-0.2, -0.15) is 5.10 Å². The molecular weight excluding hydrogens is 352 g/mol. The maximum atomic E-state index is 13.1. The van der Waals surface area contributed by atoms with Crippen molar-refractivity contribution in [2.75, 3.05) is 0 Å². The first kappa shape index (κ1) is 19.8. The normalized spacial score (nSPS) is 16.7. The molecule has 1 aliphatic rings. The number of aromatic hydroxyl groups is 1. The standard InChI is InChI=1S/C23H26N2O3/c1-14-11-15(2)20-17(12-14)13-23(3,4)22(21(20)28)25-24-19(27)10-7-16-5-8-18(26)9-6-16/h5-6,8-9,11-12,26H,7,10,13H2,1-4H3,(H,24,27)/b25-22-. The molecule has 0 heterocycles. The Labute approximate surface area is 165 Å². The minimum atomic E-state index is -0.450. The average Bonchev–Trinajstić information content (AvgIpc) is 2.59. The van der Waals surface area contributed by atoms with Crippen LogP contribution in [0.1, 0.15) is 52.9 Å². The van der Waals surface area contributed by atoms with Crippen molar-refractivity contribution in [2.24, 2.45) is 10.5 Å². The second-order valence-corrected chi connectivity index (χ2v) is 8.17. The smallest absolute Gasteiger partial charge is 0.240 e. The van der Waals surface area contributed by atoms with Crippen molar-refractivity contribution in [1.29, 1.82) is 0 Å². The van der Waals surface area contributed by atoms with E-state index in [2.05, 4.69) is 16.6 Å². The van der Waals surface area contributed by atoms with E-state index in [1.807, 2.05) is 33.8 Å². The Bertz CT molecular complexity index is 957. The number of phenols is 1. The van der Waals surface area contributed by atoms with Crippen LogP contribution in [0, 0.1) is 19.3 Å². The van der Waals surface area contributed by atoms with Gasteiger partial charge in [-0.3, -0.25) is 9.59 Å². The molecule has 0 saturated heterocycles. The summed E-state index contributed by atoms with van der Waals surface area (Å²) in [6.07, 6.45) is 1.50. The molecular formula is C23H26N2O3. The molecule has 3 rings (SSSR count). The maximum absolute atomic E-state index is 13.1. The van der Waals surface area contributed by atoms with Crippen LogP contribution in [0.25, 0.3) is 0 Å². The number of Topliss-reactive ketones (excluding diaryl/α,β-unsaturated/α-hetero) is 1. The lowest BCUT2D eigenvalue weighted by Gasteiger charge is -2.32. The van der Waals surface area contributed by atoms with Crippen LogP contribution < -0.4 is 5.43 Å². The van der Waals surface area contributed by atoms with Gasteiger partial charge in [0, 0.05) is 17.4 Å². The molecule has 0 atom stereocenters. The number of phenolic OH excluding ortho intramolecular Hbond substituents is 1. The van der Waals surface area contributed by atoms with Crippen molar-refractivity contribution in [3.63, 3.8) is 0 Å². The van der Waals surface area contributed by atoms with Crippen molar-refractivity contribution in [1.82, 2.24) is 5.43 Å². The van der Waals surface area contributed by atoms with Gasteiger partial charge in [0.15, 0.2) is 0 Å². The molecule has 1 aliphatic carbocycles. The zero-order valence-corrected chi connectivity index (χ0v) is 16.8. The number of nitrogens with zero attached hydrogens (tertiary/aromatic N) is 1. The largest absolute Gasteiger partial charge is 0.508 e. The molecule has 0 aromatic heterocycles. The quantitative estimate of drug-likeness (QED) is 0.793. The van der Waals surface area contributed by atoms with Gasteiger partial charge in [0.25, 0.3) is 0 Å². The van der Waals surface area contributed by atoms with Crippen LogP contribution in [0.5, 0.6) is 5.75 Å². The Morgan fingerprint density at radius 1 is 1.18 bits per heavy atom. The summed E-state index contributed by atoms with van der Waals surface area (Å²) in [7, 11) is 0. The summed E-state index contributed by atoms with van der Waals surface area (Å²) >= 11 is 0. The Balaban J connectivity index is 1.74. The highest BCUT2D eigenvalue weighted by Crippen LogP contribution is 2.35. The Kier molecular flexibility index (Phi) is 5.36. The number of aryl methyl sites for hydroxylation is 3. The van der Waals surface area contributed by atoms with Gasteiger partial charge in [-0.25, -0.2) is 5.43 Å². The van der Waals surface area contributed by atoms with Gasteiger partial charge >= 0.3 is 0 Å². The van der Waals surface area contributed by atoms with E-state index >= 15 is 0 Å². The third-order valence-electron chi connectivity index (χ3n) is 5.15. The number of hydrogen-bond donors (Lipinski definition) is 2. The topological polar surface area (TPSA) is 78.8 Å². The minimum Gasteiger partial charge on any atom is -0.508 e. The van der Waals surface area contributed by atoms with Crippen LogP contribution in [0.4, 0.5) is 0 Å². The molecule has 0 fully saturated rings. The van der Waals surface area contributed by atoms with Gasteiger partial charge in [-0.15, -0.1) is 0 Å². The fraction of sp³-hybridized carbons (Fsp3) is 0.348. The molecule has 0 bridgehead atoms. The van der Waals surface area contributed by atoms with Gasteiger partial charge in [0.2, 0.25) is 11.7 Å². The van der Waals surface area contributed by atoms with E-state index in [-0.39, 0.29) is 23.9 Å².